The molecule has 0 aliphatic carbocycles. The van der Waals surface area contributed by atoms with Crippen LogP contribution in [0.15, 0.2) is 29.6 Å². The van der Waals surface area contributed by atoms with Crippen LogP contribution in [-0.4, -0.2) is 11.5 Å². The first-order chi connectivity index (χ1) is 7.85. The molecule has 0 fully saturated rings. The van der Waals surface area contributed by atoms with Gasteiger partial charge in [-0.3, -0.25) is 0 Å². The van der Waals surface area contributed by atoms with Crippen molar-refractivity contribution in [3.63, 3.8) is 0 Å². The number of aromatic nitrogens is 1. The van der Waals surface area contributed by atoms with Crippen LogP contribution in [0.2, 0.25) is 0 Å². The Morgan fingerprint density at radius 3 is 2.94 bits per heavy atom. The third kappa shape index (κ3) is 2.05. The van der Waals surface area contributed by atoms with Crippen LogP contribution in [0.25, 0.3) is 10.6 Å². The van der Waals surface area contributed by atoms with Gasteiger partial charge in [-0.15, -0.1) is 11.3 Å². The third-order valence-corrected chi connectivity index (χ3v) is 3.03. The summed E-state index contributed by atoms with van der Waals surface area (Å²) in [6, 6.07) is 9.83. The minimum atomic E-state index is 0.585. The highest BCUT2D eigenvalue weighted by Crippen LogP contribution is 2.25. The summed E-state index contributed by atoms with van der Waals surface area (Å²) in [5.41, 5.74) is 1.49. The summed E-state index contributed by atoms with van der Waals surface area (Å²) < 4.78 is 0. The Morgan fingerprint density at radius 2 is 2.31 bits per heavy atom. The molecule has 0 unspecified atom stereocenters. The van der Waals surface area contributed by atoms with Gasteiger partial charge in [0.1, 0.15) is 11.9 Å². The minimum Gasteiger partial charge on any atom is -0.369 e. The highest BCUT2D eigenvalue weighted by Gasteiger charge is 2.06. The molecule has 0 atom stereocenters. The fourth-order valence-corrected chi connectivity index (χ4v) is 2.11. The van der Waals surface area contributed by atoms with Crippen LogP contribution in [0, 0.1) is 11.3 Å². The summed E-state index contributed by atoms with van der Waals surface area (Å²) >= 11 is 1.64. The second-order valence-electron chi connectivity index (χ2n) is 3.21. The molecule has 0 spiro atoms. The molecule has 0 saturated carbocycles. The first kappa shape index (κ1) is 10.7. The molecule has 0 saturated heterocycles. The fourth-order valence-electron chi connectivity index (χ4n) is 1.41. The molecule has 0 bridgehead atoms. The lowest BCUT2D eigenvalue weighted by Gasteiger charge is -2.06. The van der Waals surface area contributed by atoms with E-state index in [2.05, 4.69) is 16.4 Å². The van der Waals surface area contributed by atoms with Crippen LogP contribution in [0.5, 0.6) is 0 Å². The van der Waals surface area contributed by atoms with Gasteiger partial charge in [-0.1, -0.05) is 6.07 Å². The Hall–Kier alpha value is -1.86. The summed E-state index contributed by atoms with van der Waals surface area (Å²) in [5.74, 6) is 0.663. The highest BCUT2D eigenvalue weighted by atomic mass is 32.1. The van der Waals surface area contributed by atoms with Gasteiger partial charge in [-0.2, -0.15) is 5.26 Å². The second kappa shape index (κ2) is 4.77. The number of thiophene rings is 1. The quantitative estimate of drug-likeness (QED) is 0.879. The van der Waals surface area contributed by atoms with Crippen LogP contribution in [-0.2, 0) is 0 Å². The number of nitrogens with one attached hydrogen (secondary N) is 1. The lowest BCUT2D eigenvalue weighted by Crippen LogP contribution is -2.02. The number of hydrogen-bond donors (Lipinski definition) is 1. The molecule has 0 aliphatic rings. The van der Waals surface area contributed by atoms with E-state index in [1.165, 1.54) is 0 Å². The van der Waals surface area contributed by atoms with Gasteiger partial charge in [0.15, 0.2) is 0 Å². The Labute approximate surface area is 98.4 Å². The topological polar surface area (TPSA) is 48.7 Å². The number of anilines is 1. The van der Waals surface area contributed by atoms with Crippen LogP contribution < -0.4 is 5.32 Å². The zero-order valence-corrected chi connectivity index (χ0v) is 9.71. The highest BCUT2D eigenvalue weighted by molar-refractivity contribution is 7.13. The number of nitrogens with zero attached hydrogens (tertiary/aromatic N) is 2. The lowest BCUT2D eigenvalue weighted by molar-refractivity contribution is 1.15. The van der Waals surface area contributed by atoms with Gasteiger partial charge in [0.05, 0.1) is 16.1 Å². The first-order valence-corrected chi connectivity index (χ1v) is 5.92. The van der Waals surface area contributed by atoms with Gasteiger partial charge in [0, 0.05) is 6.54 Å². The molecule has 2 rings (SSSR count). The van der Waals surface area contributed by atoms with E-state index in [-0.39, 0.29) is 0 Å². The van der Waals surface area contributed by atoms with E-state index in [0.717, 1.165) is 17.1 Å². The van der Waals surface area contributed by atoms with Crippen molar-refractivity contribution < 1.29 is 0 Å². The van der Waals surface area contributed by atoms with Crippen molar-refractivity contribution in [1.82, 2.24) is 4.98 Å². The van der Waals surface area contributed by atoms with Crippen LogP contribution >= 0.6 is 11.3 Å². The van der Waals surface area contributed by atoms with E-state index in [1.54, 1.807) is 17.4 Å². The van der Waals surface area contributed by atoms with E-state index in [1.807, 2.05) is 30.5 Å². The van der Waals surface area contributed by atoms with Gasteiger partial charge in [-0.25, -0.2) is 4.98 Å². The maximum Gasteiger partial charge on any atom is 0.144 e. The number of rotatable bonds is 3. The molecule has 2 heterocycles. The lowest BCUT2D eigenvalue weighted by atomic mass is 10.2. The average molecular weight is 229 g/mol. The Bertz CT molecular complexity index is 512. The number of pyridine rings is 1. The molecule has 0 aromatic carbocycles. The summed E-state index contributed by atoms with van der Waals surface area (Å²) in [6.07, 6.45) is 0. The van der Waals surface area contributed by atoms with E-state index >= 15 is 0 Å². The molecule has 4 heteroatoms. The normalized spacial score (nSPS) is 9.75. The van der Waals surface area contributed by atoms with E-state index < -0.39 is 0 Å². The molecule has 0 radical (unpaired) electrons. The zero-order chi connectivity index (χ0) is 11.4. The maximum absolute atomic E-state index is 8.94. The van der Waals surface area contributed by atoms with Gasteiger partial charge in [0.25, 0.3) is 0 Å². The van der Waals surface area contributed by atoms with Crippen molar-refractivity contribution in [2.45, 2.75) is 6.92 Å². The van der Waals surface area contributed by atoms with Gasteiger partial charge in [-0.05, 0) is 30.5 Å². The maximum atomic E-state index is 8.94. The minimum absolute atomic E-state index is 0.585. The molecule has 2 aromatic rings. The molecule has 0 amide bonds. The zero-order valence-electron chi connectivity index (χ0n) is 8.90. The first-order valence-electron chi connectivity index (χ1n) is 5.04. The van der Waals surface area contributed by atoms with E-state index in [4.69, 9.17) is 5.26 Å². The largest absolute Gasteiger partial charge is 0.369 e. The van der Waals surface area contributed by atoms with Crippen molar-refractivity contribution in [2.75, 3.05) is 11.9 Å². The summed E-state index contributed by atoms with van der Waals surface area (Å²) in [7, 11) is 0. The Morgan fingerprint density at radius 1 is 1.44 bits per heavy atom. The standard InChI is InChI=1S/C12H11N3S/c1-2-14-12-9(8-13)5-6-10(15-12)11-4-3-7-16-11/h3-7H,2H2,1H3,(H,14,15). The smallest absolute Gasteiger partial charge is 0.144 e. The fraction of sp³-hybridized carbons (Fsp3) is 0.167. The molecule has 2 aromatic heterocycles. The molecule has 16 heavy (non-hydrogen) atoms. The van der Waals surface area contributed by atoms with Crippen molar-refractivity contribution in [3.8, 4) is 16.6 Å². The van der Waals surface area contributed by atoms with E-state index in [0.29, 0.717) is 11.4 Å². The third-order valence-electron chi connectivity index (χ3n) is 2.13. The predicted molar refractivity (Wildman–Crippen MR) is 66.4 cm³/mol. The van der Waals surface area contributed by atoms with Crippen LogP contribution in [0.4, 0.5) is 5.82 Å². The summed E-state index contributed by atoms with van der Waals surface area (Å²) in [5, 5.41) is 14.1. The van der Waals surface area contributed by atoms with Crippen LogP contribution in [0.1, 0.15) is 12.5 Å². The van der Waals surface area contributed by atoms with Gasteiger partial charge in [0.2, 0.25) is 0 Å². The molecule has 80 valence electrons. The Balaban J connectivity index is 2.44. The average Bonchev–Trinajstić information content (AvgIpc) is 2.83. The van der Waals surface area contributed by atoms with Gasteiger partial charge >= 0.3 is 0 Å². The number of nitriles is 1. The van der Waals surface area contributed by atoms with Crippen molar-refractivity contribution in [1.29, 1.82) is 5.26 Å². The van der Waals surface area contributed by atoms with Crippen LogP contribution in [0.3, 0.4) is 0 Å². The number of hydrogen-bond acceptors (Lipinski definition) is 4. The SMILES string of the molecule is CCNc1nc(-c2cccs2)ccc1C#N. The van der Waals surface area contributed by atoms with E-state index in [9.17, 15) is 0 Å². The molecule has 1 N–H and O–H groups in total. The molecular formula is C12H11N3S. The second-order valence-corrected chi connectivity index (χ2v) is 4.16. The van der Waals surface area contributed by atoms with Crippen molar-refractivity contribution in [3.05, 3.63) is 35.2 Å². The summed E-state index contributed by atoms with van der Waals surface area (Å²) in [6.45, 7) is 2.75. The predicted octanol–water partition coefficient (Wildman–Crippen LogP) is 3.11. The van der Waals surface area contributed by atoms with Gasteiger partial charge < -0.3 is 5.32 Å². The molecule has 0 aliphatic heterocycles. The Kier molecular flexibility index (Phi) is 3.18. The molecule has 3 nitrogen and oxygen atoms in total. The van der Waals surface area contributed by atoms with Crippen molar-refractivity contribution in [2.24, 2.45) is 0 Å². The summed E-state index contributed by atoms with van der Waals surface area (Å²) in [4.78, 5) is 5.57. The van der Waals surface area contributed by atoms with Crippen molar-refractivity contribution >= 4 is 17.2 Å². The molecular weight excluding hydrogens is 218 g/mol. The monoisotopic (exact) mass is 229 g/mol.